The van der Waals surface area contributed by atoms with Gasteiger partial charge in [-0.15, -0.1) is 0 Å². The number of benzene rings is 2. The van der Waals surface area contributed by atoms with Crippen LogP contribution in [0.1, 0.15) is 41.0 Å². The monoisotopic (exact) mass is 361 g/mol. The Morgan fingerprint density at radius 2 is 1.72 bits per heavy atom. The average Bonchev–Trinajstić information content (AvgIpc) is 2.62. The number of carbonyl (C=O) groups excluding carboxylic acids is 2. The van der Waals surface area contributed by atoms with Gasteiger partial charge >= 0.3 is 5.97 Å². The van der Waals surface area contributed by atoms with Gasteiger partial charge in [-0.2, -0.15) is 0 Å². The molecule has 1 amide bonds. The predicted molar refractivity (Wildman–Crippen MR) is 97.6 cm³/mol. The van der Waals surface area contributed by atoms with E-state index in [1.807, 2.05) is 6.92 Å². The third kappa shape index (κ3) is 5.22. The molecule has 25 heavy (non-hydrogen) atoms. The molecule has 6 heteroatoms. The zero-order valence-electron chi connectivity index (χ0n) is 14.2. The molecule has 0 unspecified atom stereocenters. The number of anilines is 1. The number of hydrogen-bond acceptors (Lipinski definition) is 4. The first-order valence-corrected chi connectivity index (χ1v) is 8.43. The number of ether oxygens (including phenoxy) is 2. The van der Waals surface area contributed by atoms with Crippen molar-refractivity contribution in [3.05, 3.63) is 58.6 Å². The van der Waals surface area contributed by atoms with Gasteiger partial charge in [0.1, 0.15) is 5.75 Å². The van der Waals surface area contributed by atoms with Crippen LogP contribution in [0.2, 0.25) is 5.02 Å². The summed E-state index contributed by atoms with van der Waals surface area (Å²) in [6.07, 6.45) is 0.919. The van der Waals surface area contributed by atoms with Crippen LogP contribution in [-0.2, 0) is 4.74 Å². The van der Waals surface area contributed by atoms with Gasteiger partial charge in [-0.1, -0.05) is 18.5 Å². The van der Waals surface area contributed by atoms with Crippen molar-refractivity contribution in [2.75, 3.05) is 18.5 Å². The molecule has 0 heterocycles. The van der Waals surface area contributed by atoms with E-state index in [0.29, 0.717) is 23.4 Å². The summed E-state index contributed by atoms with van der Waals surface area (Å²) in [6, 6.07) is 11.5. The number of amides is 1. The van der Waals surface area contributed by atoms with E-state index in [1.54, 1.807) is 43.3 Å². The molecule has 2 aromatic rings. The fourth-order valence-corrected chi connectivity index (χ4v) is 2.30. The van der Waals surface area contributed by atoms with Gasteiger partial charge in [-0.3, -0.25) is 4.79 Å². The Hall–Kier alpha value is -2.53. The predicted octanol–water partition coefficient (Wildman–Crippen LogP) is 4.56. The Kier molecular flexibility index (Phi) is 6.83. The smallest absolute Gasteiger partial charge is 0.338 e. The van der Waals surface area contributed by atoms with Crippen molar-refractivity contribution in [3.8, 4) is 5.75 Å². The molecule has 0 aliphatic heterocycles. The SMILES string of the molecule is CCCOc1ccc(C(=O)Nc2ccc(C(=O)OCC)cc2Cl)cc1. The first-order valence-electron chi connectivity index (χ1n) is 8.06. The molecular formula is C19H20ClNO4. The molecule has 0 aliphatic carbocycles. The zero-order chi connectivity index (χ0) is 18.2. The molecule has 0 fully saturated rings. The summed E-state index contributed by atoms with van der Waals surface area (Å²) in [5.74, 6) is -0.0343. The summed E-state index contributed by atoms with van der Waals surface area (Å²) in [4.78, 5) is 24.0. The molecule has 0 bridgehead atoms. The Labute approximate surface area is 151 Å². The second kappa shape index (κ2) is 9.08. The lowest BCUT2D eigenvalue weighted by molar-refractivity contribution is 0.0526. The van der Waals surface area contributed by atoms with E-state index in [9.17, 15) is 9.59 Å². The van der Waals surface area contributed by atoms with Crippen molar-refractivity contribution in [2.45, 2.75) is 20.3 Å². The van der Waals surface area contributed by atoms with Gasteiger partial charge in [0.2, 0.25) is 0 Å². The third-order valence-corrected chi connectivity index (χ3v) is 3.63. The van der Waals surface area contributed by atoms with Gasteiger partial charge in [0, 0.05) is 5.56 Å². The lowest BCUT2D eigenvalue weighted by Crippen LogP contribution is -2.12. The van der Waals surface area contributed by atoms with Crippen molar-refractivity contribution in [3.63, 3.8) is 0 Å². The average molecular weight is 362 g/mol. The van der Waals surface area contributed by atoms with E-state index >= 15 is 0 Å². The molecule has 2 rings (SSSR count). The topological polar surface area (TPSA) is 64.6 Å². The summed E-state index contributed by atoms with van der Waals surface area (Å²) >= 11 is 6.15. The fraction of sp³-hybridized carbons (Fsp3) is 0.263. The highest BCUT2D eigenvalue weighted by atomic mass is 35.5. The van der Waals surface area contributed by atoms with Crippen LogP contribution in [0.15, 0.2) is 42.5 Å². The highest BCUT2D eigenvalue weighted by Gasteiger charge is 2.12. The number of hydrogen-bond donors (Lipinski definition) is 1. The molecule has 5 nitrogen and oxygen atoms in total. The minimum Gasteiger partial charge on any atom is -0.494 e. The number of rotatable bonds is 7. The van der Waals surface area contributed by atoms with Crippen LogP contribution >= 0.6 is 11.6 Å². The Morgan fingerprint density at radius 3 is 2.32 bits per heavy atom. The summed E-state index contributed by atoms with van der Waals surface area (Å²) in [5, 5.41) is 2.99. The quantitative estimate of drug-likeness (QED) is 0.734. The van der Waals surface area contributed by atoms with Gasteiger partial charge in [-0.25, -0.2) is 4.79 Å². The van der Waals surface area contributed by atoms with Crippen LogP contribution in [0.3, 0.4) is 0 Å². The van der Waals surface area contributed by atoms with Crippen LogP contribution < -0.4 is 10.1 Å². The lowest BCUT2D eigenvalue weighted by atomic mass is 10.1. The largest absolute Gasteiger partial charge is 0.494 e. The maximum atomic E-state index is 12.3. The van der Waals surface area contributed by atoms with Crippen LogP contribution in [-0.4, -0.2) is 25.1 Å². The molecule has 0 aromatic heterocycles. The van der Waals surface area contributed by atoms with Crippen LogP contribution in [0.5, 0.6) is 5.75 Å². The number of nitrogens with one attached hydrogen (secondary N) is 1. The minimum atomic E-state index is -0.454. The standard InChI is InChI=1S/C19H20ClNO4/c1-3-11-25-15-8-5-13(6-9-15)18(22)21-17-10-7-14(12-16(17)20)19(23)24-4-2/h5-10,12H,3-4,11H2,1-2H3,(H,21,22). The Bertz CT molecular complexity index is 744. The van der Waals surface area contributed by atoms with Gasteiger partial charge in [0.05, 0.1) is 29.5 Å². The first-order chi connectivity index (χ1) is 12.0. The van der Waals surface area contributed by atoms with Crippen LogP contribution in [0.25, 0.3) is 0 Å². The molecule has 0 radical (unpaired) electrons. The zero-order valence-corrected chi connectivity index (χ0v) is 14.9. The maximum absolute atomic E-state index is 12.3. The van der Waals surface area contributed by atoms with Gasteiger partial charge in [0.25, 0.3) is 5.91 Å². The number of halogens is 1. The molecule has 0 spiro atoms. The van der Waals surface area contributed by atoms with Crippen molar-refractivity contribution < 1.29 is 19.1 Å². The van der Waals surface area contributed by atoms with Crippen molar-refractivity contribution in [1.82, 2.24) is 0 Å². The fourth-order valence-electron chi connectivity index (χ4n) is 2.07. The normalized spacial score (nSPS) is 10.2. The molecule has 0 atom stereocenters. The van der Waals surface area contributed by atoms with E-state index < -0.39 is 5.97 Å². The highest BCUT2D eigenvalue weighted by Crippen LogP contribution is 2.24. The van der Waals surface area contributed by atoms with E-state index in [-0.39, 0.29) is 17.5 Å². The molecule has 2 aromatic carbocycles. The Balaban J connectivity index is 2.06. The van der Waals surface area contributed by atoms with Gasteiger partial charge in [-0.05, 0) is 55.8 Å². The molecule has 0 saturated carbocycles. The maximum Gasteiger partial charge on any atom is 0.338 e. The third-order valence-electron chi connectivity index (χ3n) is 3.32. The Morgan fingerprint density at radius 1 is 1.04 bits per heavy atom. The number of carbonyl (C=O) groups is 2. The summed E-state index contributed by atoms with van der Waals surface area (Å²) in [6.45, 7) is 4.67. The van der Waals surface area contributed by atoms with Gasteiger partial charge < -0.3 is 14.8 Å². The van der Waals surface area contributed by atoms with Crippen molar-refractivity contribution in [1.29, 1.82) is 0 Å². The van der Waals surface area contributed by atoms with Crippen molar-refractivity contribution >= 4 is 29.2 Å². The minimum absolute atomic E-state index is 0.266. The second-order valence-corrected chi connectivity index (χ2v) is 5.65. The van der Waals surface area contributed by atoms with Crippen LogP contribution in [0, 0.1) is 0 Å². The van der Waals surface area contributed by atoms with E-state index in [4.69, 9.17) is 21.1 Å². The second-order valence-electron chi connectivity index (χ2n) is 5.24. The summed E-state index contributed by atoms with van der Waals surface area (Å²) in [7, 11) is 0. The van der Waals surface area contributed by atoms with Crippen LogP contribution in [0.4, 0.5) is 5.69 Å². The van der Waals surface area contributed by atoms with Crippen molar-refractivity contribution in [2.24, 2.45) is 0 Å². The first kappa shape index (κ1) is 18.8. The molecule has 0 saturated heterocycles. The molecule has 132 valence electrons. The summed E-state index contributed by atoms with van der Waals surface area (Å²) in [5.41, 5.74) is 1.24. The van der Waals surface area contributed by atoms with Gasteiger partial charge in [0.15, 0.2) is 0 Å². The van der Waals surface area contributed by atoms with E-state index in [1.165, 1.54) is 6.07 Å². The molecular weight excluding hydrogens is 342 g/mol. The molecule has 1 N–H and O–H groups in total. The molecule has 0 aliphatic rings. The highest BCUT2D eigenvalue weighted by molar-refractivity contribution is 6.34. The lowest BCUT2D eigenvalue weighted by Gasteiger charge is -2.10. The summed E-state index contributed by atoms with van der Waals surface area (Å²) < 4.78 is 10.4. The number of esters is 1. The van der Waals surface area contributed by atoms with E-state index in [2.05, 4.69) is 5.32 Å². The van der Waals surface area contributed by atoms with E-state index in [0.717, 1.165) is 12.2 Å².